The van der Waals surface area contributed by atoms with Gasteiger partial charge in [0.05, 0.1) is 27.8 Å². The van der Waals surface area contributed by atoms with Crippen LogP contribution < -0.4 is 5.32 Å². The SMILES string of the molecule is Cc1ccc(F)c(NC(=O)c2ccc(-n3nc(C)c(Cl)c3C)cc2)c1. The zero-order chi connectivity index (χ0) is 18.1. The molecule has 25 heavy (non-hydrogen) atoms. The van der Waals surface area contributed by atoms with E-state index in [4.69, 9.17) is 11.6 Å². The molecule has 1 heterocycles. The molecule has 0 aliphatic heterocycles. The molecule has 3 aromatic rings. The van der Waals surface area contributed by atoms with Crippen LogP contribution in [0, 0.1) is 26.6 Å². The maximum absolute atomic E-state index is 13.8. The summed E-state index contributed by atoms with van der Waals surface area (Å²) in [6, 6.07) is 11.5. The number of nitrogens with zero attached hydrogens (tertiary/aromatic N) is 2. The van der Waals surface area contributed by atoms with Crippen molar-refractivity contribution in [1.82, 2.24) is 9.78 Å². The predicted octanol–water partition coefficient (Wildman–Crippen LogP) is 4.84. The van der Waals surface area contributed by atoms with Crippen LogP contribution in [0.2, 0.25) is 5.02 Å². The summed E-state index contributed by atoms with van der Waals surface area (Å²) in [4.78, 5) is 12.3. The minimum absolute atomic E-state index is 0.166. The predicted molar refractivity (Wildman–Crippen MR) is 97.1 cm³/mol. The van der Waals surface area contributed by atoms with Crippen molar-refractivity contribution in [2.45, 2.75) is 20.8 Å². The second-order valence-corrected chi connectivity index (χ2v) is 6.26. The Bertz CT molecular complexity index is 948. The van der Waals surface area contributed by atoms with E-state index in [9.17, 15) is 9.18 Å². The van der Waals surface area contributed by atoms with Crippen LogP contribution in [0.15, 0.2) is 42.5 Å². The highest BCUT2D eigenvalue weighted by Crippen LogP contribution is 2.23. The summed E-state index contributed by atoms with van der Waals surface area (Å²) in [6.45, 7) is 5.55. The number of carbonyl (C=O) groups is 1. The van der Waals surface area contributed by atoms with Gasteiger partial charge in [-0.25, -0.2) is 9.07 Å². The lowest BCUT2D eigenvalue weighted by molar-refractivity contribution is 0.102. The van der Waals surface area contributed by atoms with Gasteiger partial charge in [0.2, 0.25) is 0 Å². The third-order valence-electron chi connectivity index (χ3n) is 3.95. The van der Waals surface area contributed by atoms with Gasteiger partial charge in [-0.15, -0.1) is 0 Å². The lowest BCUT2D eigenvalue weighted by Gasteiger charge is -2.09. The number of aromatic nitrogens is 2. The Morgan fingerprint density at radius 3 is 2.40 bits per heavy atom. The summed E-state index contributed by atoms with van der Waals surface area (Å²) in [5, 5.41) is 7.59. The van der Waals surface area contributed by atoms with Crippen LogP contribution in [-0.4, -0.2) is 15.7 Å². The van der Waals surface area contributed by atoms with E-state index in [0.717, 1.165) is 22.6 Å². The number of amides is 1. The van der Waals surface area contributed by atoms with Crippen LogP contribution in [0.25, 0.3) is 5.69 Å². The van der Waals surface area contributed by atoms with Crippen LogP contribution in [-0.2, 0) is 0 Å². The lowest BCUT2D eigenvalue weighted by atomic mass is 10.1. The molecule has 0 atom stereocenters. The summed E-state index contributed by atoms with van der Waals surface area (Å²) in [6.07, 6.45) is 0. The van der Waals surface area contributed by atoms with Gasteiger partial charge in [-0.1, -0.05) is 17.7 Å². The maximum Gasteiger partial charge on any atom is 0.255 e. The average molecular weight is 358 g/mol. The van der Waals surface area contributed by atoms with Crippen LogP contribution in [0.5, 0.6) is 0 Å². The Morgan fingerprint density at radius 1 is 1.12 bits per heavy atom. The number of nitrogens with one attached hydrogen (secondary N) is 1. The topological polar surface area (TPSA) is 46.9 Å². The van der Waals surface area contributed by atoms with E-state index in [2.05, 4.69) is 10.4 Å². The van der Waals surface area contributed by atoms with E-state index in [1.807, 2.05) is 20.8 Å². The third kappa shape index (κ3) is 3.42. The number of hydrogen-bond acceptors (Lipinski definition) is 2. The Labute approximate surface area is 150 Å². The Kier molecular flexibility index (Phi) is 4.59. The van der Waals surface area contributed by atoms with Crippen molar-refractivity contribution in [3.8, 4) is 5.69 Å². The average Bonchev–Trinajstić information content (AvgIpc) is 2.86. The summed E-state index contributed by atoms with van der Waals surface area (Å²) >= 11 is 6.16. The summed E-state index contributed by atoms with van der Waals surface area (Å²) < 4.78 is 15.5. The smallest absolute Gasteiger partial charge is 0.255 e. The molecule has 0 spiro atoms. The molecule has 0 bridgehead atoms. The summed E-state index contributed by atoms with van der Waals surface area (Å²) in [5.74, 6) is -0.838. The van der Waals surface area contributed by atoms with Crippen LogP contribution in [0.1, 0.15) is 27.3 Å². The molecule has 0 unspecified atom stereocenters. The first kappa shape index (κ1) is 17.2. The Morgan fingerprint density at radius 2 is 1.80 bits per heavy atom. The summed E-state index contributed by atoms with van der Waals surface area (Å²) in [5.41, 5.74) is 3.84. The van der Waals surface area contributed by atoms with Gasteiger partial charge in [-0.05, 0) is 62.7 Å². The molecule has 0 radical (unpaired) electrons. The van der Waals surface area contributed by atoms with Crippen LogP contribution in [0.3, 0.4) is 0 Å². The zero-order valence-electron chi connectivity index (χ0n) is 14.1. The normalized spacial score (nSPS) is 10.8. The molecule has 0 saturated carbocycles. The zero-order valence-corrected chi connectivity index (χ0v) is 14.9. The molecule has 6 heteroatoms. The van der Waals surface area contributed by atoms with Gasteiger partial charge in [-0.3, -0.25) is 4.79 Å². The number of halogens is 2. The third-order valence-corrected chi connectivity index (χ3v) is 4.49. The highest BCUT2D eigenvalue weighted by molar-refractivity contribution is 6.31. The van der Waals surface area contributed by atoms with Crippen molar-refractivity contribution in [2.24, 2.45) is 0 Å². The van der Waals surface area contributed by atoms with Gasteiger partial charge >= 0.3 is 0 Å². The lowest BCUT2D eigenvalue weighted by Crippen LogP contribution is -2.13. The molecule has 128 valence electrons. The maximum atomic E-state index is 13.8. The minimum Gasteiger partial charge on any atom is -0.319 e. The van der Waals surface area contributed by atoms with Crippen molar-refractivity contribution in [3.05, 3.63) is 75.8 Å². The molecule has 0 saturated heterocycles. The molecule has 1 amide bonds. The number of hydrogen-bond donors (Lipinski definition) is 1. The van der Waals surface area contributed by atoms with Gasteiger partial charge in [0.1, 0.15) is 5.82 Å². The van der Waals surface area contributed by atoms with E-state index in [0.29, 0.717) is 10.6 Å². The quantitative estimate of drug-likeness (QED) is 0.728. The number of carbonyl (C=O) groups excluding carboxylic acids is 1. The number of aryl methyl sites for hydroxylation is 2. The first-order valence-corrected chi connectivity index (χ1v) is 8.14. The van der Waals surface area contributed by atoms with Crippen molar-refractivity contribution in [3.63, 3.8) is 0 Å². The molecular weight excluding hydrogens is 341 g/mol. The highest BCUT2D eigenvalue weighted by atomic mass is 35.5. The fourth-order valence-corrected chi connectivity index (χ4v) is 2.68. The van der Waals surface area contributed by atoms with Crippen molar-refractivity contribution in [2.75, 3.05) is 5.32 Å². The Hall–Kier alpha value is -2.66. The van der Waals surface area contributed by atoms with E-state index >= 15 is 0 Å². The van der Waals surface area contributed by atoms with Crippen molar-refractivity contribution < 1.29 is 9.18 Å². The van der Waals surface area contributed by atoms with E-state index in [1.165, 1.54) is 6.07 Å². The number of rotatable bonds is 3. The van der Waals surface area contributed by atoms with Crippen molar-refractivity contribution >= 4 is 23.2 Å². The van der Waals surface area contributed by atoms with Gasteiger partial charge in [-0.2, -0.15) is 5.10 Å². The molecule has 1 N–H and O–H groups in total. The van der Waals surface area contributed by atoms with Crippen LogP contribution >= 0.6 is 11.6 Å². The van der Waals surface area contributed by atoms with E-state index in [-0.39, 0.29) is 11.6 Å². The van der Waals surface area contributed by atoms with Gasteiger partial charge < -0.3 is 5.32 Å². The summed E-state index contributed by atoms with van der Waals surface area (Å²) in [7, 11) is 0. The molecule has 4 nitrogen and oxygen atoms in total. The molecule has 2 aromatic carbocycles. The largest absolute Gasteiger partial charge is 0.319 e. The monoisotopic (exact) mass is 357 g/mol. The van der Waals surface area contributed by atoms with E-state index in [1.54, 1.807) is 41.1 Å². The fraction of sp³-hybridized carbons (Fsp3) is 0.158. The van der Waals surface area contributed by atoms with E-state index < -0.39 is 5.82 Å². The molecule has 1 aromatic heterocycles. The first-order valence-electron chi connectivity index (χ1n) is 7.76. The van der Waals surface area contributed by atoms with Gasteiger partial charge in [0.25, 0.3) is 5.91 Å². The molecule has 0 fully saturated rings. The fourth-order valence-electron chi connectivity index (χ4n) is 2.56. The molecule has 0 aliphatic rings. The standard InChI is InChI=1S/C19H17ClFN3O/c1-11-4-9-16(21)17(10-11)22-19(25)14-5-7-15(8-6-14)24-13(3)18(20)12(2)23-24/h4-10H,1-3H3,(H,22,25). The Balaban J connectivity index is 1.83. The number of benzene rings is 2. The number of anilines is 1. The van der Waals surface area contributed by atoms with Crippen LogP contribution in [0.4, 0.5) is 10.1 Å². The van der Waals surface area contributed by atoms with Gasteiger partial charge in [0, 0.05) is 5.56 Å². The molecular formula is C19H17ClFN3O. The second kappa shape index (κ2) is 6.69. The first-order chi connectivity index (χ1) is 11.9. The minimum atomic E-state index is -0.465. The van der Waals surface area contributed by atoms with Gasteiger partial charge in [0.15, 0.2) is 0 Å². The second-order valence-electron chi connectivity index (χ2n) is 5.88. The molecule has 0 aliphatic carbocycles. The highest BCUT2D eigenvalue weighted by Gasteiger charge is 2.13. The van der Waals surface area contributed by atoms with Crippen molar-refractivity contribution in [1.29, 1.82) is 0 Å². The molecule has 3 rings (SSSR count).